The van der Waals surface area contributed by atoms with Crippen molar-refractivity contribution in [3.63, 3.8) is 0 Å². The molecule has 3 heterocycles. The van der Waals surface area contributed by atoms with E-state index in [4.69, 9.17) is 9.72 Å². The lowest BCUT2D eigenvalue weighted by Gasteiger charge is -2.50. The Morgan fingerprint density at radius 3 is 2.88 bits per heavy atom. The Labute approximate surface area is 151 Å². The van der Waals surface area contributed by atoms with E-state index in [-0.39, 0.29) is 6.10 Å². The van der Waals surface area contributed by atoms with Crippen LogP contribution in [0.15, 0.2) is 12.1 Å². The Kier molecular flexibility index (Phi) is 3.68. The molecule has 0 amide bonds. The number of aromatic carboxylic acids is 1. The van der Waals surface area contributed by atoms with Gasteiger partial charge in [0.15, 0.2) is 0 Å². The number of aromatic nitrogens is 2. The zero-order valence-electron chi connectivity index (χ0n) is 14.9. The van der Waals surface area contributed by atoms with E-state index in [2.05, 4.69) is 14.8 Å². The largest absolute Gasteiger partial charge is 0.478 e. The summed E-state index contributed by atoms with van der Waals surface area (Å²) >= 11 is 0. The fraction of sp³-hybridized carbons (Fsp3) is 0.579. The quantitative estimate of drug-likeness (QED) is 0.869. The van der Waals surface area contributed by atoms with Gasteiger partial charge in [0, 0.05) is 31.8 Å². The Bertz CT molecular complexity index is 873. The van der Waals surface area contributed by atoms with Crippen molar-refractivity contribution < 1.29 is 14.6 Å². The van der Waals surface area contributed by atoms with Crippen molar-refractivity contribution >= 4 is 22.7 Å². The highest BCUT2D eigenvalue weighted by molar-refractivity contribution is 5.99. The van der Waals surface area contributed by atoms with Crippen LogP contribution in [0.3, 0.4) is 0 Å². The number of carboxylic acids is 1. The molecule has 138 valence electrons. The summed E-state index contributed by atoms with van der Waals surface area (Å²) in [6.45, 7) is 5.35. The fourth-order valence-corrected chi connectivity index (χ4v) is 4.45. The van der Waals surface area contributed by atoms with Crippen LogP contribution in [0.5, 0.6) is 0 Å². The third-order valence-corrected chi connectivity index (χ3v) is 6.16. The Hall–Kier alpha value is -2.12. The van der Waals surface area contributed by atoms with E-state index in [1.54, 1.807) is 6.07 Å². The minimum atomic E-state index is -0.890. The number of nitrogens with one attached hydrogen (secondary N) is 1. The number of anilines is 1. The number of hydrogen-bond donors (Lipinski definition) is 2. The third kappa shape index (κ3) is 2.41. The number of rotatable bonds is 4. The van der Waals surface area contributed by atoms with E-state index in [0.717, 1.165) is 61.6 Å². The molecule has 1 aromatic carbocycles. The van der Waals surface area contributed by atoms with Gasteiger partial charge in [-0.2, -0.15) is 0 Å². The summed E-state index contributed by atoms with van der Waals surface area (Å²) in [5, 5.41) is 13.2. The summed E-state index contributed by atoms with van der Waals surface area (Å²) in [7, 11) is 0. The molecule has 2 unspecified atom stereocenters. The van der Waals surface area contributed by atoms with Crippen molar-refractivity contribution in [2.75, 3.05) is 24.6 Å². The number of hydrogen-bond acceptors (Lipinski definition) is 5. The average molecular weight is 356 g/mol. The van der Waals surface area contributed by atoms with Crippen LogP contribution in [-0.2, 0) is 11.3 Å². The molecular formula is C19H24N4O3. The van der Waals surface area contributed by atoms with Crippen molar-refractivity contribution in [3.05, 3.63) is 23.5 Å². The zero-order chi connectivity index (χ0) is 17.8. The summed E-state index contributed by atoms with van der Waals surface area (Å²) < 4.78 is 7.71. The van der Waals surface area contributed by atoms with Gasteiger partial charge in [-0.3, -0.25) is 0 Å². The molecule has 1 aromatic heterocycles. The molecule has 1 saturated carbocycles. The number of carbonyl (C=O) groups is 1. The van der Waals surface area contributed by atoms with Gasteiger partial charge in [0.25, 0.3) is 0 Å². The van der Waals surface area contributed by atoms with Crippen LogP contribution in [0.1, 0.15) is 35.4 Å². The van der Waals surface area contributed by atoms with Crippen LogP contribution in [0.2, 0.25) is 0 Å². The number of nitrogens with zero attached hydrogens (tertiary/aromatic N) is 3. The Morgan fingerprint density at radius 1 is 1.38 bits per heavy atom. The molecule has 26 heavy (non-hydrogen) atoms. The highest BCUT2D eigenvalue weighted by Gasteiger charge is 2.39. The SMILES string of the molecule is Cc1nc2c(N3CCNC4CCC43)cc(C(=O)O)cc2n1C[C@@H]1CCO1. The molecule has 0 radical (unpaired) electrons. The zero-order valence-corrected chi connectivity index (χ0v) is 14.9. The first-order valence-corrected chi connectivity index (χ1v) is 9.47. The number of piperazine rings is 1. The van der Waals surface area contributed by atoms with Gasteiger partial charge in [-0.15, -0.1) is 0 Å². The topological polar surface area (TPSA) is 79.6 Å². The number of aryl methyl sites for hydroxylation is 1. The second-order valence-electron chi connectivity index (χ2n) is 7.62. The highest BCUT2D eigenvalue weighted by Crippen LogP contribution is 2.37. The van der Waals surface area contributed by atoms with Crippen LogP contribution in [0.25, 0.3) is 11.0 Å². The maximum atomic E-state index is 11.8. The molecule has 0 bridgehead atoms. The van der Waals surface area contributed by atoms with Crippen molar-refractivity contribution in [1.82, 2.24) is 14.9 Å². The summed E-state index contributed by atoms with van der Waals surface area (Å²) in [4.78, 5) is 19.0. The molecule has 2 aliphatic heterocycles. The molecule has 7 heteroatoms. The van der Waals surface area contributed by atoms with E-state index in [9.17, 15) is 9.90 Å². The third-order valence-electron chi connectivity index (χ3n) is 6.16. The fourth-order valence-electron chi connectivity index (χ4n) is 4.45. The first-order valence-electron chi connectivity index (χ1n) is 9.47. The van der Waals surface area contributed by atoms with E-state index < -0.39 is 5.97 Å². The molecule has 3 aliphatic rings. The highest BCUT2D eigenvalue weighted by atomic mass is 16.5. The summed E-state index contributed by atoms with van der Waals surface area (Å²) in [6.07, 6.45) is 3.59. The molecule has 3 fully saturated rings. The number of imidazole rings is 1. The molecular weight excluding hydrogens is 332 g/mol. The maximum absolute atomic E-state index is 11.8. The molecule has 0 spiro atoms. The van der Waals surface area contributed by atoms with Gasteiger partial charge in [-0.25, -0.2) is 9.78 Å². The molecule has 7 nitrogen and oxygen atoms in total. The second-order valence-corrected chi connectivity index (χ2v) is 7.62. The number of fused-ring (bicyclic) bond motifs is 2. The lowest BCUT2D eigenvalue weighted by molar-refractivity contribution is -0.0589. The van der Waals surface area contributed by atoms with E-state index in [1.165, 1.54) is 6.42 Å². The predicted octanol–water partition coefficient (Wildman–Crippen LogP) is 1.77. The van der Waals surface area contributed by atoms with Gasteiger partial charge in [-0.05, 0) is 38.3 Å². The maximum Gasteiger partial charge on any atom is 0.335 e. The van der Waals surface area contributed by atoms with Gasteiger partial charge >= 0.3 is 5.97 Å². The number of benzene rings is 1. The first kappa shape index (κ1) is 16.1. The van der Waals surface area contributed by atoms with Crippen LogP contribution >= 0.6 is 0 Å². The van der Waals surface area contributed by atoms with Gasteiger partial charge in [0.05, 0.1) is 29.4 Å². The normalized spacial score (nSPS) is 27.7. The van der Waals surface area contributed by atoms with Crippen molar-refractivity contribution in [1.29, 1.82) is 0 Å². The summed E-state index contributed by atoms with van der Waals surface area (Å²) in [5.41, 5.74) is 3.12. The van der Waals surface area contributed by atoms with Crippen LogP contribution in [0.4, 0.5) is 5.69 Å². The monoisotopic (exact) mass is 356 g/mol. The lowest BCUT2D eigenvalue weighted by atomic mass is 9.83. The standard InChI is InChI=1S/C19H24N4O3/c1-11-21-18-16(22-6-5-20-14-2-3-15(14)22)8-12(19(24)25)9-17(18)23(11)10-13-4-7-26-13/h8-9,13-15,20H,2-7,10H2,1H3,(H,24,25)/t13-,14?,15?/m0/s1. The van der Waals surface area contributed by atoms with Gasteiger partial charge in [0.1, 0.15) is 11.3 Å². The van der Waals surface area contributed by atoms with E-state index in [1.807, 2.05) is 13.0 Å². The Morgan fingerprint density at radius 2 is 2.23 bits per heavy atom. The predicted molar refractivity (Wildman–Crippen MR) is 97.9 cm³/mol. The van der Waals surface area contributed by atoms with E-state index in [0.29, 0.717) is 17.6 Å². The van der Waals surface area contributed by atoms with Gasteiger partial charge < -0.3 is 24.6 Å². The van der Waals surface area contributed by atoms with Crippen molar-refractivity contribution in [2.24, 2.45) is 0 Å². The van der Waals surface area contributed by atoms with Crippen LogP contribution in [0, 0.1) is 6.92 Å². The Balaban J connectivity index is 1.64. The molecule has 2 N–H and O–H groups in total. The van der Waals surface area contributed by atoms with Gasteiger partial charge in [0.2, 0.25) is 0 Å². The lowest BCUT2D eigenvalue weighted by Crippen LogP contribution is -2.63. The van der Waals surface area contributed by atoms with E-state index >= 15 is 0 Å². The molecule has 2 aromatic rings. The summed E-state index contributed by atoms with van der Waals surface area (Å²) in [5.74, 6) is 0.0262. The minimum Gasteiger partial charge on any atom is -0.478 e. The van der Waals surface area contributed by atoms with Crippen LogP contribution in [-0.4, -0.2) is 58.5 Å². The van der Waals surface area contributed by atoms with Crippen LogP contribution < -0.4 is 10.2 Å². The first-order chi connectivity index (χ1) is 12.6. The number of carboxylic acid groups (broad SMARTS) is 1. The summed E-state index contributed by atoms with van der Waals surface area (Å²) in [6, 6.07) is 4.53. The smallest absolute Gasteiger partial charge is 0.335 e. The minimum absolute atomic E-state index is 0.207. The number of ether oxygens (including phenoxy) is 1. The molecule has 5 rings (SSSR count). The van der Waals surface area contributed by atoms with Crippen molar-refractivity contribution in [2.45, 2.75) is 50.9 Å². The molecule has 1 aliphatic carbocycles. The van der Waals surface area contributed by atoms with Crippen molar-refractivity contribution in [3.8, 4) is 0 Å². The molecule has 3 atom stereocenters. The second kappa shape index (κ2) is 5.96. The average Bonchev–Trinajstić information content (AvgIpc) is 2.86. The molecule has 2 saturated heterocycles. The van der Waals surface area contributed by atoms with Gasteiger partial charge in [-0.1, -0.05) is 0 Å².